The molecule has 0 aliphatic heterocycles. The van der Waals surface area contributed by atoms with Gasteiger partial charge in [-0.1, -0.05) is 75.7 Å². The number of unbranched alkanes of at least 4 members (excludes halogenated alkanes) is 1. The molecule has 0 fully saturated rings. The van der Waals surface area contributed by atoms with Crippen molar-refractivity contribution in [3.63, 3.8) is 0 Å². The standard InChI is InChI=1S/C23H28O2/c1-4-7-16-23(18-24,21-14-12-20(9-5-2)13-15-21)25-22-11-8-10-19(6-3)17-22/h6,8,10-15,17-18H,3-5,7,9,16H2,1-2H3. The van der Waals surface area contributed by atoms with Gasteiger partial charge in [-0.15, -0.1) is 0 Å². The van der Waals surface area contributed by atoms with E-state index in [0.29, 0.717) is 12.2 Å². The van der Waals surface area contributed by atoms with Crippen LogP contribution in [0.25, 0.3) is 6.08 Å². The Hall–Kier alpha value is -2.35. The maximum atomic E-state index is 12.2. The zero-order valence-electron chi connectivity index (χ0n) is 15.3. The Balaban J connectivity index is 2.37. The molecule has 0 aliphatic rings. The average molecular weight is 336 g/mol. The number of aldehydes is 1. The lowest BCUT2D eigenvalue weighted by Gasteiger charge is -2.30. The van der Waals surface area contributed by atoms with Crippen LogP contribution in [0.15, 0.2) is 55.1 Å². The maximum absolute atomic E-state index is 12.2. The lowest BCUT2D eigenvalue weighted by Crippen LogP contribution is -2.35. The van der Waals surface area contributed by atoms with E-state index in [1.807, 2.05) is 36.4 Å². The second-order valence-corrected chi connectivity index (χ2v) is 6.44. The van der Waals surface area contributed by atoms with Crippen molar-refractivity contribution >= 4 is 12.4 Å². The van der Waals surface area contributed by atoms with Crippen LogP contribution in [0.2, 0.25) is 0 Å². The monoisotopic (exact) mass is 336 g/mol. The summed E-state index contributed by atoms with van der Waals surface area (Å²) in [6.45, 7) is 8.09. The highest BCUT2D eigenvalue weighted by Crippen LogP contribution is 2.32. The van der Waals surface area contributed by atoms with Crippen molar-refractivity contribution < 1.29 is 9.53 Å². The second kappa shape index (κ2) is 9.22. The van der Waals surface area contributed by atoms with Gasteiger partial charge in [0.1, 0.15) is 5.75 Å². The van der Waals surface area contributed by atoms with Crippen LogP contribution < -0.4 is 4.74 Å². The van der Waals surface area contributed by atoms with Gasteiger partial charge in [0.15, 0.2) is 11.9 Å². The fraction of sp³-hybridized carbons (Fsp3) is 0.348. The van der Waals surface area contributed by atoms with Crippen LogP contribution in [0.4, 0.5) is 0 Å². The molecule has 1 unspecified atom stereocenters. The summed E-state index contributed by atoms with van der Waals surface area (Å²) in [4.78, 5) is 12.2. The highest BCUT2D eigenvalue weighted by Gasteiger charge is 2.34. The Morgan fingerprint density at radius 1 is 1.08 bits per heavy atom. The summed E-state index contributed by atoms with van der Waals surface area (Å²) < 4.78 is 6.27. The number of benzene rings is 2. The summed E-state index contributed by atoms with van der Waals surface area (Å²) in [6.07, 6.45) is 7.50. The molecule has 0 radical (unpaired) electrons. The highest BCUT2D eigenvalue weighted by atomic mass is 16.5. The zero-order chi connectivity index (χ0) is 18.1. The summed E-state index contributed by atoms with van der Waals surface area (Å²) in [6, 6.07) is 16.0. The first-order valence-corrected chi connectivity index (χ1v) is 9.14. The summed E-state index contributed by atoms with van der Waals surface area (Å²) in [7, 11) is 0. The second-order valence-electron chi connectivity index (χ2n) is 6.44. The number of aryl methyl sites for hydroxylation is 1. The highest BCUT2D eigenvalue weighted by molar-refractivity contribution is 5.67. The minimum absolute atomic E-state index is 0.665. The van der Waals surface area contributed by atoms with Gasteiger partial charge in [-0.3, -0.25) is 4.79 Å². The van der Waals surface area contributed by atoms with Crippen molar-refractivity contribution in [2.75, 3.05) is 0 Å². The fourth-order valence-electron chi connectivity index (χ4n) is 3.00. The van der Waals surface area contributed by atoms with Crippen LogP contribution in [0, 0.1) is 0 Å². The molecule has 2 heteroatoms. The van der Waals surface area contributed by atoms with Gasteiger partial charge in [0.25, 0.3) is 0 Å². The van der Waals surface area contributed by atoms with Gasteiger partial charge in [-0.25, -0.2) is 0 Å². The predicted octanol–water partition coefficient (Wildman–Crippen LogP) is 5.95. The van der Waals surface area contributed by atoms with Gasteiger partial charge in [0.2, 0.25) is 0 Å². The molecule has 0 aromatic heterocycles. The molecule has 0 saturated carbocycles. The van der Waals surface area contributed by atoms with E-state index in [4.69, 9.17) is 4.74 Å². The molecule has 0 N–H and O–H groups in total. The molecular formula is C23H28O2. The molecule has 0 aliphatic carbocycles. The number of carbonyl (C=O) groups excluding carboxylic acids is 1. The van der Waals surface area contributed by atoms with Gasteiger partial charge in [-0.05, 0) is 42.5 Å². The predicted molar refractivity (Wildman–Crippen MR) is 105 cm³/mol. The number of rotatable bonds is 10. The quantitative estimate of drug-likeness (QED) is 0.501. The average Bonchev–Trinajstić information content (AvgIpc) is 2.66. The summed E-state index contributed by atoms with van der Waals surface area (Å²) >= 11 is 0. The number of ether oxygens (including phenoxy) is 1. The third kappa shape index (κ3) is 4.82. The summed E-state index contributed by atoms with van der Waals surface area (Å²) in [5.74, 6) is 0.693. The Kier molecular flexibility index (Phi) is 7.00. The molecule has 0 heterocycles. The van der Waals surface area contributed by atoms with Crippen LogP contribution in [0.5, 0.6) is 5.75 Å². The largest absolute Gasteiger partial charge is 0.475 e. The van der Waals surface area contributed by atoms with Crippen molar-refractivity contribution in [3.8, 4) is 5.75 Å². The first kappa shape index (κ1) is 19.0. The maximum Gasteiger partial charge on any atom is 0.189 e. The molecule has 132 valence electrons. The molecule has 0 spiro atoms. The first-order chi connectivity index (χ1) is 12.2. The molecule has 0 amide bonds. The first-order valence-electron chi connectivity index (χ1n) is 9.14. The number of hydrogen-bond donors (Lipinski definition) is 0. The molecule has 2 nitrogen and oxygen atoms in total. The van der Waals surface area contributed by atoms with Gasteiger partial charge in [0, 0.05) is 5.56 Å². The van der Waals surface area contributed by atoms with Crippen LogP contribution in [0.1, 0.15) is 56.2 Å². The lowest BCUT2D eigenvalue weighted by atomic mass is 9.88. The van der Waals surface area contributed by atoms with Crippen molar-refractivity contribution in [2.24, 2.45) is 0 Å². The molecule has 2 rings (SSSR count). The minimum atomic E-state index is -0.944. The zero-order valence-corrected chi connectivity index (χ0v) is 15.3. The van der Waals surface area contributed by atoms with Gasteiger partial charge in [0.05, 0.1) is 0 Å². The smallest absolute Gasteiger partial charge is 0.189 e. The van der Waals surface area contributed by atoms with E-state index in [1.54, 1.807) is 6.08 Å². The lowest BCUT2D eigenvalue weighted by molar-refractivity contribution is -0.123. The summed E-state index contributed by atoms with van der Waals surface area (Å²) in [5, 5.41) is 0. The van der Waals surface area contributed by atoms with E-state index in [2.05, 4.69) is 32.6 Å². The van der Waals surface area contributed by atoms with Crippen molar-refractivity contribution in [2.45, 2.75) is 51.6 Å². The third-order valence-corrected chi connectivity index (χ3v) is 4.47. The van der Waals surface area contributed by atoms with Crippen LogP contribution in [-0.4, -0.2) is 6.29 Å². The van der Waals surface area contributed by atoms with E-state index in [1.165, 1.54) is 5.56 Å². The van der Waals surface area contributed by atoms with Crippen LogP contribution in [0.3, 0.4) is 0 Å². The molecule has 25 heavy (non-hydrogen) atoms. The third-order valence-electron chi connectivity index (χ3n) is 4.47. The Bertz CT molecular complexity index is 687. The van der Waals surface area contributed by atoms with Gasteiger partial charge >= 0.3 is 0 Å². The van der Waals surface area contributed by atoms with Crippen molar-refractivity contribution in [1.82, 2.24) is 0 Å². The minimum Gasteiger partial charge on any atom is -0.475 e. The molecule has 2 aromatic carbocycles. The van der Waals surface area contributed by atoms with Gasteiger partial charge < -0.3 is 4.74 Å². The number of hydrogen-bond acceptors (Lipinski definition) is 2. The van der Waals surface area contributed by atoms with Crippen molar-refractivity contribution in [3.05, 3.63) is 71.8 Å². The normalized spacial score (nSPS) is 13.0. The Morgan fingerprint density at radius 3 is 2.44 bits per heavy atom. The van der Waals surface area contributed by atoms with Gasteiger partial charge in [-0.2, -0.15) is 0 Å². The topological polar surface area (TPSA) is 26.3 Å². The molecule has 0 bridgehead atoms. The molecule has 1 atom stereocenters. The molecule has 0 saturated heterocycles. The van der Waals surface area contributed by atoms with E-state index in [9.17, 15) is 4.79 Å². The number of carbonyl (C=O) groups is 1. The van der Waals surface area contributed by atoms with E-state index >= 15 is 0 Å². The van der Waals surface area contributed by atoms with Crippen molar-refractivity contribution in [1.29, 1.82) is 0 Å². The molecule has 2 aromatic rings. The van der Waals surface area contributed by atoms with E-state index in [-0.39, 0.29) is 0 Å². The van der Waals surface area contributed by atoms with Crippen LogP contribution in [-0.2, 0) is 16.8 Å². The van der Waals surface area contributed by atoms with Crippen LogP contribution >= 0.6 is 0 Å². The Labute approximate surface area is 151 Å². The fourth-order valence-corrected chi connectivity index (χ4v) is 3.00. The van der Waals surface area contributed by atoms with E-state index in [0.717, 1.165) is 43.1 Å². The summed E-state index contributed by atoms with van der Waals surface area (Å²) in [5.41, 5.74) is 2.24. The molecular weight excluding hydrogens is 308 g/mol. The SMILES string of the molecule is C=Cc1cccc(OC(C=O)(CCCC)c2ccc(CCC)cc2)c1. The Morgan fingerprint density at radius 2 is 1.84 bits per heavy atom. The van der Waals surface area contributed by atoms with E-state index < -0.39 is 5.60 Å².